The Labute approximate surface area is 151 Å². The topological polar surface area (TPSA) is 108 Å². The first-order valence-corrected chi connectivity index (χ1v) is 8.38. The normalized spacial score (nSPS) is 14.7. The van der Waals surface area contributed by atoms with Crippen LogP contribution in [0.2, 0.25) is 0 Å². The number of ether oxygens (including phenoxy) is 3. The second-order valence-electron chi connectivity index (χ2n) is 5.79. The Morgan fingerprint density at radius 2 is 1.92 bits per heavy atom. The van der Waals surface area contributed by atoms with Gasteiger partial charge in [-0.2, -0.15) is 0 Å². The number of hydrogen-bond donors (Lipinski definition) is 0. The molecule has 0 aliphatic carbocycles. The fraction of sp³-hybridized carbons (Fsp3) is 0.529. The van der Waals surface area contributed by atoms with Crippen molar-refractivity contribution in [3.05, 3.63) is 27.8 Å². The predicted molar refractivity (Wildman–Crippen MR) is 91.5 cm³/mol. The molecule has 26 heavy (non-hydrogen) atoms. The minimum atomic E-state index is -1.03. The Kier molecular flexibility index (Phi) is 6.37. The van der Waals surface area contributed by atoms with Crippen LogP contribution in [0.1, 0.15) is 37.0 Å². The summed E-state index contributed by atoms with van der Waals surface area (Å²) in [5.41, 5.74) is -0.767. The molecule has 0 bridgehead atoms. The van der Waals surface area contributed by atoms with E-state index in [0.717, 1.165) is 18.9 Å². The first-order valence-electron chi connectivity index (χ1n) is 8.38. The molecule has 0 spiro atoms. The number of nitro groups is 1. The summed E-state index contributed by atoms with van der Waals surface area (Å²) < 4.78 is 15.6. The van der Waals surface area contributed by atoms with Crippen molar-refractivity contribution in [2.75, 3.05) is 26.8 Å². The third kappa shape index (κ3) is 4.22. The summed E-state index contributed by atoms with van der Waals surface area (Å²) in [6, 6.07) is 2.31. The van der Waals surface area contributed by atoms with Crippen LogP contribution in [0.25, 0.3) is 0 Å². The third-order valence-electron chi connectivity index (χ3n) is 4.05. The molecule has 0 radical (unpaired) electrons. The van der Waals surface area contributed by atoms with Crippen LogP contribution >= 0.6 is 0 Å². The fourth-order valence-electron chi connectivity index (χ4n) is 2.76. The van der Waals surface area contributed by atoms with Crippen molar-refractivity contribution in [1.29, 1.82) is 0 Å². The van der Waals surface area contributed by atoms with E-state index in [4.69, 9.17) is 14.2 Å². The molecule has 9 heteroatoms. The average molecular weight is 366 g/mol. The van der Waals surface area contributed by atoms with Gasteiger partial charge in [-0.1, -0.05) is 0 Å². The summed E-state index contributed by atoms with van der Waals surface area (Å²) in [5.74, 6) is -0.947. The van der Waals surface area contributed by atoms with Crippen LogP contribution in [-0.2, 0) is 9.53 Å². The second kappa shape index (κ2) is 8.50. The van der Waals surface area contributed by atoms with E-state index in [2.05, 4.69) is 0 Å². The number of carbonyl (C=O) groups excluding carboxylic acids is 2. The summed E-state index contributed by atoms with van der Waals surface area (Å²) in [6.07, 6.45) is 0.792. The lowest BCUT2D eigenvalue weighted by Crippen LogP contribution is -2.38. The molecule has 0 N–H and O–H groups in total. The maximum absolute atomic E-state index is 12.4. The average Bonchev–Trinajstić information content (AvgIpc) is 3.15. The van der Waals surface area contributed by atoms with Gasteiger partial charge in [0.15, 0.2) is 17.6 Å². The maximum Gasteiger partial charge on any atom is 0.346 e. The molecule has 0 saturated carbocycles. The Morgan fingerprint density at radius 1 is 1.27 bits per heavy atom. The van der Waals surface area contributed by atoms with Gasteiger partial charge in [0.05, 0.1) is 24.7 Å². The Bertz CT molecular complexity index is 699. The number of nitrogens with zero attached hydrogens (tertiary/aromatic N) is 2. The standard InChI is InChI=1S/C17H22N2O7/c1-4-25-15-10-13(19(22)23)12(9-14(15)24-3)17(21)26-11(2)16(20)18-7-5-6-8-18/h9-11H,4-8H2,1-3H3/t11-/m0/s1. The minimum Gasteiger partial charge on any atom is -0.493 e. The van der Waals surface area contributed by atoms with Crippen molar-refractivity contribution in [2.45, 2.75) is 32.8 Å². The second-order valence-corrected chi connectivity index (χ2v) is 5.79. The molecule has 1 saturated heterocycles. The molecule has 1 heterocycles. The van der Waals surface area contributed by atoms with Gasteiger partial charge in [0, 0.05) is 19.2 Å². The number of nitro benzene ring substituents is 1. The number of amides is 1. The van der Waals surface area contributed by atoms with Crippen LogP contribution in [0.15, 0.2) is 12.1 Å². The highest BCUT2D eigenvalue weighted by Gasteiger charge is 2.30. The highest BCUT2D eigenvalue weighted by Crippen LogP contribution is 2.35. The molecule has 1 atom stereocenters. The maximum atomic E-state index is 12.4. The summed E-state index contributed by atoms with van der Waals surface area (Å²) in [5, 5.41) is 11.3. The SMILES string of the molecule is CCOc1cc([N+](=O)[O-])c(C(=O)O[C@@H](C)C(=O)N2CCCC2)cc1OC. The highest BCUT2D eigenvalue weighted by molar-refractivity contribution is 5.96. The lowest BCUT2D eigenvalue weighted by atomic mass is 10.1. The molecule has 1 aliphatic rings. The molecule has 9 nitrogen and oxygen atoms in total. The fourth-order valence-corrected chi connectivity index (χ4v) is 2.76. The number of hydrogen-bond acceptors (Lipinski definition) is 7. The van der Waals surface area contributed by atoms with Gasteiger partial charge in [0.2, 0.25) is 0 Å². The first kappa shape index (κ1) is 19.5. The monoisotopic (exact) mass is 366 g/mol. The van der Waals surface area contributed by atoms with Gasteiger partial charge < -0.3 is 19.1 Å². The predicted octanol–water partition coefficient (Wildman–Crippen LogP) is 2.17. The third-order valence-corrected chi connectivity index (χ3v) is 4.05. The number of likely N-dealkylation sites (tertiary alicyclic amines) is 1. The molecule has 1 aromatic carbocycles. The lowest BCUT2D eigenvalue weighted by molar-refractivity contribution is -0.385. The highest BCUT2D eigenvalue weighted by atomic mass is 16.6. The van der Waals surface area contributed by atoms with Crippen molar-refractivity contribution in [3.8, 4) is 11.5 Å². The van der Waals surface area contributed by atoms with E-state index in [9.17, 15) is 19.7 Å². The molecule has 1 amide bonds. The van der Waals surface area contributed by atoms with Gasteiger partial charge in [-0.3, -0.25) is 14.9 Å². The Morgan fingerprint density at radius 3 is 2.46 bits per heavy atom. The Hall–Kier alpha value is -2.84. The van der Waals surface area contributed by atoms with E-state index in [1.807, 2.05) is 0 Å². The summed E-state index contributed by atoms with van der Waals surface area (Å²) in [6.45, 7) is 4.70. The van der Waals surface area contributed by atoms with Crippen LogP contribution < -0.4 is 9.47 Å². The number of methoxy groups -OCH3 is 1. The Balaban J connectivity index is 2.25. The summed E-state index contributed by atoms with van der Waals surface area (Å²) in [4.78, 5) is 37.0. The van der Waals surface area contributed by atoms with Gasteiger partial charge >= 0.3 is 5.97 Å². The van der Waals surface area contributed by atoms with E-state index < -0.39 is 22.7 Å². The van der Waals surface area contributed by atoms with Crippen LogP contribution in [0.5, 0.6) is 11.5 Å². The smallest absolute Gasteiger partial charge is 0.346 e. The van der Waals surface area contributed by atoms with Gasteiger partial charge in [-0.05, 0) is 26.7 Å². The minimum absolute atomic E-state index is 0.152. The molecule has 1 aromatic rings. The molecule has 0 unspecified atom stereocenters. The summed E-state index contributed by atoms with van der Waals surface area (Å²) in [7, 11) is 1.36. The van der Waals surface area contributed by atoms with Crippen molar-refractivity contribution >= 4 is 17.6 Å². The van der Waals surface area contributed by atoms with Crippen LogP contribution in [-0.4, -0.2) is 54.6 Å². The van der Waals surface area contributed by atoms with Crippen molar-refractivity contribution in [2.24, 2.45) is 0 Å². The summed E-state index contributed by atoms with van der Waals surface area (Å²) >= 11 is 0. The molecular formula is C17H22N2O7. The first-order chi connectivity index (χ1) is 12.4. The molecular weight excluding hydrogens is 344 g/mol. The van der Waals surface area contributed by atoms with E-state index in [0.29, 0.717) is 13.1 Å². The molecule has 142 valence electrons. The number of esters is 1. The number of carbonyl (C=O) groups is 2. The zero-order valence-electron chi connectivity index (χ0n) is 15.0. The van der Waals surface area contributed by atoms with Crippen LogP contribution in [0, 0.1) is 10.1 Å². The van der Waals surface area contributed by atoms with E-state index in [1.165, 1.54) is 20.1 Å². The zero-order chi connectivity index (χ0) is 19.3. The van der Waals surface area contributed by atoms with Crippen molar-refractivity contribution in [3.63, 3.8) is 0 Å². The van der Waals surface area contributed by atoms with Crippen molar-refractivity contribution in [1.82, 2.24) is 4.90 Å². The van der Waals surface area contributed by atoms with E-state index >= 15 is 0 Å². The number of rotatable bonds is 7. The van der Waals surface area contributed by atoms with E-state index in [1.54, 1.807) is 11.8 Å². The molecule has 0 aromatic heterocycles. The van der Waals surface area contributed by atoms with Gasteiger partial charge in [-0.25, -0.2) is 4.79 Å². The molecule has 1 aliphatic heterocycles. The quantitative estimate of drug-likeness (QED) is 0.413. The van der Waals surface area contributed by atoms with Gasteiger partial charge in [0.1, 0.15) is 5.56 Å². The van der Waals surface area contributed by atoms with Crippen LogP contribution in [0.3, 0.4) is 0 Å². The molecule has 2 rings (SSSR count). The van der Waals surface area contributed by atoms with E-state index in [-0.39, 0.29) is 29.6 Å². The van der Waals surface area contributed by atoms with Crippen molar-refractivity contribution < 1.29 is 28.7 Å². The largest absolute Gasteiger partial charge is 0.493 e. The van der Waals surface area contributed by atoms with Gasteiger partial charge in [-0.15, -0.1) is 0 Å². The molecule has 1 fully saturated rings. The zero-order valence-corrected chi connectivity index (χ0v) is 15.0. The lowest BCUT2D eigenvalue weighted by Gasteiger charge is -2.20. The number of benzene rings is 1. The van der Waals surface area contributed by atoms with Gasteiger partial charge in [0.25, 0.3) is 11.6 Å². The van der Waals surface area contributed by atoms with Crippen LogP contribution in [0.4, 0.5) is 5.69 Å².